The zero-order valence-corrected chi connectivity index (χ0v) is 8.22. The Hall–Kier alpha value is -0.110. The molecule has 0 saturated heterocycles. The lowest BCUT2D eigenvalue weighted by molar-refractivity contribution is 0.278. The summed E-state index contributed by atoms with van der Waals surface area (Å²) in [7, 11) is -3.41. The normalized spacial score (nSPS) is 23.0. The van der Waals surface area contributed by atoms with Gasteiger partial charge in [0.15, 0.2) is 0 Å². The summed E-state index contributed by atoms with van der Waals surface area (Å²) in [5.74, 6) is 0. The van der Waals surface area contributed by atoms with Crippen molar-refractivity contribution in [1.82, 2.24) is 0 Å². The lowest BCUT2D eigenvalue weighted by Gasteiger charge is -2.17. The molecule has 1 N–H and O–H groups in total. The zero-order valence-electron chi connectivity index (χ0n) is 7.32. The second-order valence-electron chi connectivity index (χ2n) is 2.88. The summed E-state index contributed by atoms with van der Waals surface area (Å²) in [4.78, 5) is 9.40. The van der Waals surface area contributed by atoms with Gasteiger partial charge in [0.1, 0.15) is 0 Å². The molecule has 4 heteroatoms. The first kappa shape index (κ1) is 9.97. The molecule has 0 aromatic rings. The topological polar surface area (TPSA) is 46.5 Å². The van der Waals surface area contributed by atoms with Crippen LogP contribution in [-0.2, 0) is 9.09 Å². The van der Waals surface area contributed by atoms with Gasteiger partial charge in [-0.1, -0.05) is 6.08 Å². The Labute approximate surface area is 73.0 Å². The fraction of sp³-hybridized carbons (Fsp3) is 0.750. The van der Waals surface area contributed by atoms with Gasteiger partial charge in [-0.2, -0.15) is 0 Å². The average molecular weight is 190 g/mol. The minimum atomic E-state index is -3.41. The summed E-state index contributed by atoms with van der Waals surface area (Å²) in [6.07, 6.45) is 5.60. The highest BCUT2D eigenvalue weighted by molar-refractivity contribution is 7.57. The lowest BCUT2D eigenvalue weighted by Crippen LogP contribution is -1.97. The van der Waals surface area contributed by atoms with Gasteiger partial charge in [0.2, 0.25) is 0 Å². The van der Waals surface area contributed by atoms with Crippen molar-refractivity contribution in [2.24, 2.45) is 0 Å². The van der Waals surface area contributed by atoms with Crippen LogP contribution in [0, 0.1) is 0 Å². The fourth-order valence-corrected chi connectivity index (χ4v) is 2.65. The molecule has 0 saturated carbocycles. The van der Waals surface area contributed by atoms with E-state index in [0.29, 0.717) is 18.3 Å². The Morgan fingerprint density at radius 3 is 2.92 bits per heavy atom. The quantitative estimate of drug-likeness (QED) is 0.696. The smallest absolute Gasteiger partial charge is 0.321 e. The van der Waals surface area contributed by atoms with Crippen molar-refractivity contribution in [3.8, 4) is 0 Å². The van der Waals surface area contributed by atoms with Crippen LogP contribution in [0.3, 0.4) is 0 Å². The molecule has 0 amide bonds. The largest absolute Gasteiger partial charge is 0.354 e. The third kappa shape index (κ3) is 2.44. The maximum Gasteiger partial charge on any atom is 0.354 e. The Morgan fingerprint density at radius 1 is 1.67 bits per heavy atom. The fourth-order valence-electron chi connectivity index (χ4n) is 1.34. The van der Waals surface area contributed by atoms with Crippen LogP contribution in [0.2, 0.25) is 0 Å². The van der Waals surface area contributed by atoms with Crippen LogP contribution >= 0.6 is 7.60 Å². The maximum atomic E-state index is 11.4. The summed E-state index contributed by atoms with van der Waals surface area (Å²) < 4.78 is 16.2. The van der Waals surface area contributed by atoms with Crippen LogP contribution in [0.5, 0.6) is 0 Å². The third-order valence-corrected chi connectivity index (χ3v) is 3.67. The molecule has 0 aliphatic heterocycles. The summed E-state index contributed by atoms with van der Waals surface area (Å²) in [6, 6.07) is 0. The SMILES string of the molecule is CCOP(=O)(O)C1=CCCCC1. The molecule has 0 heterocycles. The summed E-state index contributed by atoms with van der Waals surface area (Å²) >= 11 is 0. The second kappa shape index (κ2) is 4.22. The molecule has 0 fully saturated rings. The third-order valence-electron chi connectivity index (χ3n) is 1.93. The number of hydrogen-bond acceptors (Lipinski definition) is 2. The highest BCUT2D eigenvalue weighted by Crippen LogP contribution is 2.53. The van der Waals surface area contributed by atoms with Gasteiger partial charge in [0, 0.05) is 5.31 Å². The van der Waals surface area contributed by atoms with Crippen molar-refractivity contribution in [1.29, 1.82) is 0 Å². The van der Waals surface area contributed by atoms with Gasteiger partial charge in [-0.05, 0) is 32.6 Å². The van der Waals surface area contributed by atoms with Gasteiger partial charge < -0.3 is 9.42 Å². The zero-order chi connectivity index (χ0) is 9.03. The molecule has 3 nitrogen and oxygen atoms in total. The maximum absolute atomic E-state index is 11.4. The van der Waals surface area contributed by atoms with E-state index in [-0.39, 0.29) is 0 Å². The molecule has 1 unspecified atom stereocenters. The predicted octanol–water partition coefficient (Wildman–Crippen LogP) is 2.67. The van der Waals surface area contributed by atoms with Crippen molar-refractivity contribution in [3.63, 3.8) is 0 Å². The van der Waals surface area contributed by atoms with E-state index in [1.165, 1.54) is 0 Å². The first-order valence-electron chi connectivity index (χ1n) is 4.34. The van der Waals surface area contributed by atoms with Gasteiger partial charge >= 0.3 is 7.60 Å². The van der Waals surface area contributed by atoms with Crippen molar-refractivity contribution in [2.45, 2.75) is 32.6 Å². The Kier molecular flexibility index (Phi) is 3.51. The monoisotopic (exact) mass is 190 g/mol. The first-order valence-corrected chi connectivity index (χ1v) is 5.91. The molecular weight excluding hydrogens is 175 g/mol. The Morgan fingerprint density at radius 2 is 2.42 bits per heavy atom. The van der Waals surface area contributed by atoms with Crippen molar-refractivity contribution >= 4 is 7.60 Å². The van der Waals surface area contributed by atoms with Crippen LogP contribution in [0.15, 0.2) is 11.4 Å². The summed E-state index contributed by atoms with van der Waals surface area (Å²) in [5, 5.41) is 0.607. The molecule has 0 spiro atoms. The Balaban J connectivity index is 2.66. The molecule has 0 bridgehead atoms. The highest BCUT2D eigenvalue weighted by atomic mass is 31.2. The van der Waals surface area contributed by atoms with E-state index >= 15 is 0 Å². The van der Waals surface area contributed by atoms with Crippen molar-refractivity contribution in [3.05, 3.63) is 11.4 Å². The van der Waals surface area contributed by atoms with E-state index in [1.54, 1.807) is 6.92 Å². The van der Waals surface area contributed by atoms with E-state index in [9.17, 15) is 9.46 Å². The average Bonchev–Trinajstić information content (AvgIpc) is 2.06. The van der Waals surface area contributed by atoms with Gasteiger partial charge in [-0.25, -0.2) is 0 Å². The highest BCUT2D eigenvalue weighted by Gasteiger charge is 2.25. The number of rotatable bonds is 3. The van der Waals surface area contributed by atoms with Gasteiger partial charge in [0.05, 0.1) is 6.61 Å². The molecule has 70 valence electrons. The standard InChI is InChI=1S/C8H15O3P/c1-2-11-12(9,10)8-6-4-3-5-7-8/h6H,2-5,7H2,1H3,(H,9,10). The summed E-state index contributed by atoms with van der Waals surface area (Å²) in [5.41, 5.74) is 0. The van der Waals surface area contributed by atoms with E-state index in [1.807, 2.05) is 6.08 Å². The Bertz CT molecular complexity index is 222. The van der Waals surface area contributed by atoms with Gasteiger partial charge in [0.25, 0.3) is 0 Å². The van der Waals surface area contributed by atoms with Crippen molar-refractivity contribution in [2.75, 3.05) is 6.61 Å². The number of allylic oxidation sites excluding steroid dienone is 2. The van der Waals surface area contributed by atoms with Gasteiger partial charge in [-0.15, -0.1) is 0 Å². The summed E-state index contributed by atoms with van der Waals surface area (Å²) in [6.45, 7) is 2.03. The van der Waals surface area contributed by atoms with E-state index in [0.717, 1.165) is 19.3 Å². The van der Waals surface area contributed by atoms with Crippen LogP contribution in [0.25, 0.3) is 0 Å². The van der Waals surface area contributed by atoms with E-state index in [4.69, 9.17) is 4.52 Å². The number of hydrogen-bond donors (Lipinski definition) is 1. The predicted molar refractivity (Wildman–Crippen MR) is 48.0 cm³/mol. The second-order valence-corrected chi connectivity index (χ2v) is 4.75. The molecule has 1 aliphatic rings. The van der Waals surface area contributed by atoms with E-state index < -0.39 is 7.60 Å². The van der Waals surface area contributed by atoms with Gasteiger partial charge in [-0.3, -0.25) is 4.57 Å². The lowest BCUT2D eigenvalue weighted by atomic mass is 10.1. The van der Waals surface area contributed by atoms with E-state index in [2.05, 4.69) is 0 Å². The van der Waals surface area contributed by atoms with Crippen LogP contribution in [0.1, 0.15) is 32.6 Å². The minimum Gasteiger partial charge on any atom is -0.321 e. The van der Waals surface area contributed by atoms with Crippen molar-refractivity contribution < 1.29 is 14.0 Å². The first-order chi connectivity index (χ1) is 5.67. The van der Waals surface area contributed by atoms with Crippen LogP contribution in [0.4, 0.5) is 0 Å². The van der Waals surface area contributed by atoms with Crippen LogP contribution in [-0.4, -0.2) is 11.5 Å². The molecule has 0 aromatic carbocycles. The molecule has 0 aromatic heterocycles. The minimum absolute atomic E-state index is 0.297. The molecule has 0 radical (unpaired) electrons. The molecule has 1 aliphatic carbocycles. The van der Waals surface area contributed by atoms with Crippen LogP contribution < -0.4 is 0 Å². The molecule has 1 rings (SSSR count). The molecular formula is C8H15O3P. The molecule has 1 atom stereocenters. The molecule has 12 heavy (non-hydrogen) atoms.